The molecule has 102 heavy (non-hydrogen) atoms. The van der Waals surface area contributed by atoms with E-state index in [2.05, 4.69) is 349 Å². The molecule has 0 fully saturated rings. The van der Waals surface area contributed by atoms with E-state index < -0.39 is 0 Å². The van der Waals surface area contributed by atoms with Gasteiger partial charge in [-0.25, -0.2) is 0 Å². The number of thiophene rings is 4. The molecule has 22 rings (SSSR count). The summed E-state index contributed by atoms with van der Waals surface area (Å²) in [6.07, 6.45) is 0. The molecule has 0 aliphatic carbocycles. The maximum absolute atomic E-state index is 2.52. The summed E-state index contributed by atoms with van der Waals surface area (Å²) in [6, 6.07) is 127. The molecular formula is C96H56N2S4. The van der Waals surface area contributed by atoms with Crippen LogP contribution < -0.4 is 0 Å². The molecule has 6 heteroatoms. The van der Waals surface area contributed by atoms with E-state index in [0.29, 0.717) is 0 Å². The van der Waals surface area contributed by atoms with Gasteiger partial charge in [-0.05, 0) is 181 Å². The van der Waals surface area contributed by atoms with E-state index in [9.17, 15) is 0 Å². The summed E-state index contributed by atoms with van der Waals surface area (Å²) in [4.78, 5) is 0. The molecule has 0 radical (unpaired) electrons. The van der Waals surface area contributed by atoms with Gasteiger partial charge in [0.25, 0.3) is 0 Å². The van der Waals surface area contributed by atoms with Crippen molar-refractivity contribution in [3.05, 3.63) is 340 Å². The van der Waals surface area contributed by atoms with Crippen molar-refractivity contribution < 1.29 is 0 Å². The van der Waals surface area contributed by atoms with E-state index >= 15 is 0 Å². The molecular weight excluding hydrogens is 1310 g/mol. The molecule has 0 aliphatic rings. The van der Waals surface area contributed by atoms with Gasteiger partial charge in [0.15, 0.2) is 0 Å². The summed E-state index contributed by atoms with van der Waals surface area (Å²) in [5.74, 6) is 0. The molecule has 0 atom stereocenters. The van der Waals surface area contributed by atoms with Crippen LogP contribution in [0.2, 0.25) is 0 Å². The van der Waals surface area contributed by atoms with Crippen LogP contribution in [0.3, 0.4) is 0 Å². The standard InChI is InChI=1S/C96H56N2S4/c1-4-16-57(17-5-1)62-38-45-81-76(50-62)77-51-63(58-18-6-2-7-19-58)39-46-82(77)97(81)86-28-13-26-75-94-70(24-15-31-90(94)102-96(75)86)68-37-44-73-72-43-36-66(55-91(72)100-92(73)56-68)61-34-32-60(33-35-61)65-41-48-84-79(53-65)78-52-64(59-20-8-3-9-21-59)40-47-83(78)98(84)85-27-12-25-74-93-69(23-14-30-89(93)101-95(74)85)67-42-49-88-80(54-67)71-22-10-11-29-87(71)99-88/h1-56H. The zero-order valence-electron chi connectivity index (χ0n) is 54.9. The molecule has 0 saturated carbocycles. The quantitative estimate of drug-likeness (QED) is 0.136. The molecule has 22 aromatic rings. The van der Waals surface area contributed by atoms with Gasteiger partial charge in [-0.15, -0.1) is 45.3 Å². The number of nitrogens with zero attached hydrogens (tertiary/aromatic N) is 2. The average Bonchev–Trinajstić information content (AvgIpc) is 1.57. The number of hydrogen-bond acceptors (Lipinski definition) is 4. The average molecular weight is 1370 g/mol. The first-order valence-corrected chi connectivity index (χ1v) is 38.0. The van der Waals surface area contributed by atoms with E-state index in [1.807, 2.05) is 45.3 Å². The largest absolute Gasteiger partial charge is 0.308 e. The summed E-state index contributed by atoms with van der Waals surface area (Å²) in [5.41, 5.74) is 24.3. The summed E-state index contributed by atoms with van der Waals surface area (Å²) in [5, 5.41) is 15.4. The lowest BCUT2D eigenvalue weighted by Gasteiger charge is -2.11. The van der Waals surface area contributed by atoms with Crippen LogP contribution >= 0.6 is 45.3 Å². The first-order chi connectivity index (χ1) is 50.5. The van der Waals surface area contributed by atoms with Crippen molar-refractivity contribution in [2.45, 2.75) is 0 Å². The van der Waals surface area contributed by atoms with Crippen LogP contribution in [0.4, 0.5) is 0 Å². The second-order valence-corrected chi connectivity index (χ2v) is 31.2. The fraction of sp³-hybridized carbons (Fsp3) is 0. The fourth-order valence-electron chi connectivity index (χ4n) is 16.5. The first-order valence-electron chi connectivity index (χ1n) is 34.7. The van der Waals surface area contributed by atoms with Gasteiger partial charge >= 0.3 is 0 Å². The van der Waals surface area contributed by atoms with Crippen molar-refractivity contribution in [3.63, 3.8) is 0 Å². The lowest BCUT2D eigenvalue weighted by Crippen LogP contribution is -1.94. The van der Waals surface area contributed by atoms with Crippen molar-refractivity contribution in [2.24, 2.45) is 0 Å². The molecule has 2 nitrogen and oxygen atoms in total. The third kappa shape index (κ3) is 9.00. The second-order valence-electron chi connectivity index (χ2n) is 27.0. The predicted molar refractivity (Wildman–Crippen MR) is 445 cm³/mol. The summed E-state index contributed by atoms with van der Waals surface area (Å²) < 4.78 is 15.4. The second kappa shape index (κ2) is 22.8. The van der Waals surface area contributed by atoms with E-state index in [1.54, 1.807) is 0 Å². The third-order valence-electron chi connectivity index (χ3n) is 21.4. The number of benzene rings is 16. The molecule has 0 unspecified atom stereocenters. The van der Waals surface area contributed by atoms with E-state index in [0.717, 1.165) is 0 Å². The Hall–Kier alpha value is -12.0. The molecule has 0 aliphatic heterocycles. The SMILES string of the molecule is c1ccc(-c2ccc3c(c2)c2cc(-c4ccccc4)ccc2n3-c2cccc3c2sc2cccc(-c4ccc5c(c4)sc4cc(-c6ccc(-c7ccc8c(c7)c7cc(-c9ccccc9)ccc7n8-c7cccc8c7sc7cccc(-c9ccc%10sc%11ccccc%11c%10c9)c78)cc6)ccc45)c23)cc1. The molecule has 6 heterocycles. The topological polar surface area (TPSA) is 9.86 Å². The van der Waals surface area contributed by atoms with Crippen molar-refractivity contribution in [1.82, 2.24) is 9.13 Å². The minimum absolute atomic E-state index is 1.19. The van der Waals surface area contributed by atoms with Gasteiger partial charge in [0, 0.05) is 92.8 Å². The number of aromatic nitrogens is 2. The Balaban J connectivity index is 0.605. The highest BCUT2D eigenvalue weighted by Crippen LogP contribution is 2.50. The zero-order chi connectivity index (χ0) is 66.7. The van der Waals surface area contributed by atoms with E-state index in [-0.39, 0.29) is 0 Å². The lowest BCUT2D eigenvalue weighted by molar-refractivity contribution is 1.20. The molecule has 474 valence electrons. The normalized spacial score (nSPS) is 12.1. The van der Waals surface area contributed by atoms with Gasteiger partial charge < -0.3 is 9.13 Å². The molecule has 0 spiro atoms. The van der Waals surface area contributed by atoms with Crippen molar-refractivity contribution in [3.8, 4) is 89.3 Å². The van der Waals surface area contributed by atoms with E-state index in [4.69, 9.17) is 0 Å². The molecule has 0 saturated heterocycles. The monoisotopic (exact) mass is 1360 g/mol. The van der Waals surface area contributed by atoms with Gasteiger partial charge in [-0.2, -0.15) is 0 Å². The van der Waals surface area contributed by atoms with Gasteiger partial charge in [0.2, 0.25) is 0 Å². The minimum atomic E-state index is 1.19. The highest BCUT2D eigenvalue weighted by molar-refractivity contribution is 7.27. The van der Waals surface area contributed by atoms with Crippen molar-refractivity contribution in [2.75, 3.05) is 0 Å². The Bertz CT molecular complexity index is 7130. The Kier molecular flexibility index (Phi) is 12.9. The van der Waals surface area contributed by atoms with Crippen LogP contribution in [-0.2, 0) is 0 Å². The third-order valence-corrected chi connectivity index (χ3v) is 26.0. The van der Waals surface area contributed by atoms with Crippen LogP contribution in [0.15, 0.2) is 340 Å². The van der Waals surface area contributed by atoms with Gasteiger partial charge in [0.1, 0.15) is 0 Å². The summed E-state index contributed by atoms with van der Waals surface area (Å²) in [6.45, 7) is 0. The van der Waals surface area contributed by atoms with Gasteiger partial charge in [-0.3, -0.25) is 0 Å². The highest BCUT2D eigenvalue weighted by atomic mass is 32.1. The summed E-state index contributed by atoms with van der Waals surface area (Å²) in [7, 11) is 0. The van der Waals surface area contributed by atoms with Crippen LogP contribution in [-0.4, -0.2) is 9.13 Å². The van der Waals surface area contributed by atoms with Crippen LogP contribution in [0.1, 0.15) is 0 Å². The zero-order valence-corrected chi connectivity index (χ0v) is 58.1. The number of rotatable bonds is 9. The van der Waals surface area contributed by atoms with Crippen LogP contribution in [0.25, 0.3) is 214 Å². The maximum Gasteiger partial charge on any atom is 0.0640 e. The smallest absolute Gasteiger partial charge is 0.0640 e. The summed E-state index contributed by atoms with van der Waals surface area (Å²) >= 11 is 7.57. The Morgan fingerprint density at radius 3 is 0.961 bits per heavy atom. The van der Waals surface area contributed by atoms with Gasteiger partial charge in [-0.1, -0.05) is 237 Å². The molecule has 0 amide bonds. The molecule has 6 aromatic heterocycles. The molecule has 0 N–H and O–H groups in total. The number of hydrogen-bond donors (Lipinski definition) is 0. The first kappa shape index (κ1) is 57.9. The van der Waals surface area contributed by atoms with Gasteiger partial charge in [0.05, 0.1) is 42.8 Å². The predicted octanol–water partition coefficient (Wildman–Crippen LogP) is 29.0. The van der Waals surface area contributed by atoms with Crippen molar-refractivity contribution >= 4 is 170 Å². The van der Waals surface area contributed by atoms with Crippen LogP contribution in [0.5, 0.6) is 0 Å². The Morgan fingerprint density at radius 1 is 0.167 bits per heavy atom. The minimum Gasteiger partial charge on any atom is -0.308 e. The number of fused-ring (bicyclic) bond motifs is 18. The maximum atomic E-state index is 2.52. The Labute approximate surface area is 603 Å². The van der Waals surface area contributed by atoms with Crippen molar-refractivity contribution in [1.29, 1.82) is 0 Å². The van der Waals surface area contributed by atoms with E-state index in [1.165, 1.54) is 214 Å². The Morgan fingerprint density at radius 2 is 0.480 bits per heavy atom. The lowest BCUT2D eigenvalue weighted by atomic mass is 9.97. The van der Waals surface area contributed by atoms with Crippen LogP contribution in [0, 0.1) is 0 Å². The molecule has 16 aromatic carbocycles. The highest BCUT2D eigenvalue weighted by Gasteiger charge is 2.24. The fourth-order valence-corrected chi connectivity index (χ4v) is 21.3. The molecule has 0 bridgehead atoms.